The van der Waals surface area contributed by atoms with Crippen molar-refractivity contribution in [3.05, 3.63) is 128 Å². The van der Waals surface area contributed by atoms with Gasteiger partial charge in [-0.2, -0.15) is 0 Å². The van der Waals surface area contributed by atoms with Gasteiger partial charge in [0.15, 0.2) is 0 Å². The summed E-state index contributed by atoms with van der Waals surface area (Å²) in [6, 6.07) is 41.0. The van der Waals surface area contributed by atoms with Gasteiger partial charge in [-0.25, -0.2) is 4.98 Å². The Labute approximate surface area is 259 Å². The van der Waals surface area contributed by atoms with E-state index in [4.69, 9.17) is 15.0 Å². The van der Waals surface area contributed by atoms with E-state index in [1.54, 1.807) is 11.3 Å². The minimum atomic E-state index is 0.919. The summed E-state index contributed by atoms with van der Waals surface area (Å²) in [6.07, 6.45) is 4.07. The summed E-state index contributed by atoms with van der Waals surface area (Å²) in [5, 5.41) is 8.16. The summed E-state index contributed by atoms with van der Waals surface area (Å²) in [4.78, 5) is 15.3. The number of rotatable bonds is 1. The highest BCUT2D eigenvalue weighted by atomic mass is 32.1. The zero-order chi connectivity index (χ0) is 29.2. The molecule has 6 heteroatoms. The first-order chi connectivity index (χ1) is 22.3. The van der Waals surface area contributed by atoms with E-state index < -0.39 is 0 Å². The highest BCUT2D eigenvalue weighted by molar-refractivity contribution is 7.26. The molecule has 5 nitrogen and oxygen atoms in total. The Morgan fingerprint density at radius 3 is 2.09 bits per heavy atom. The number of hydrogen-bond acceptors (Lipinski definition) is 4. The van der Waals surface area contributed by atoms with E-state index in [9.17, 15) is 0 Å². The lowest BCUT2D eigenvalue weighted by Gasteiger charge is -2.13. The van der Waals surface area contributed by atoms with Crippen molar-refractivity contribution < 1.29 is 0 Å². The van der Waals surface area contributed by atoms with Crippen molar-refractivity contribution >= 4 is 103 Å². The van der Waals surface area contributed by atoms with Crippen LogP contribution in [0.4, 0.5) is 0 Å². The van der Waals surface area contributed by atoms with E-state index in [1.807, 2.05) is 12.4 Å². The molecule has 0 amide bonds. The van der Waals surface area contributed by atoms with Gasteiger partial charge >= 0.3 is 0 Å². The quantitative estimate of drug-likeness (QED) is 0.179. The minimum absolute atomic E-state index is 0.919. The fourth-order valence-electron chi connectivity index (χ4n) is 7.42. The second-order valence-corrected chi connectivity index (χ2v) is 12.7. The van der Waals surface area contributed by atoms with Crippen molar-refractivity contribution in [2.45, 2.75) is 0 Å². The van der Waals surface area contributed by atoms with E-state index in [-0.39, 0.29) is 0 Å². The molecule has 45 heavy (non-hydrogen) atoms. The maximum absolute atomic E-state index is 5.13. The van der Waals surface area contributed by atoms with Crippen LogP contribution in [0.1, 0.15) is 0 Å². The first-order valence-electron chi connectivity index (χ1n) is 15.0. The smallest absolute Gasteiger partial charge is 0.146 e. The molecule has 0 unspecified atom stereocenters. The van der Waals surface area contributed by atoms with Crippen molar-refractivity contribution in [2.75, 3.05) is 0 Å². The number of hydrogen-bond donors (Lipinski definition) is 0. The van der Waals surface area contributed by atoms with Gasteiger partial charge in [-0.1, -0.05) is 66.7 Å². The van der Waals surface area contributed by atoms with Crippen LogP contribution in [0.15, 0.2) is 128 Å². The molecule has 6 aromatic heterocycles. The lowest BCUT2D eigenvalue weighted by Crippen LogP contribution is -1.97. The van der Waals surface area contributed by atoms with E-state index in [0.717, 1.165) is 66.1 Å². The van der Waals surface area contributed by atoms with Crippen LogP contribution in [0.2, 0.25) is 0 Å². The SMILES string of the molecule is c1ccc2c(c1)nc1c3ccc(-n4c5ccccc5c5cnc6c(ncc7c8ccccc8sc76)c54)cc3c3ccccc3n21. The van der Waals surface area contributed by atoms with Crippen LogP contribution < -0.4 is 0 Å². The molecule has 0 spiro atoms. The summed E-state index contributed by atoms with van der Waals surface area (Å²) in [6.45, 7) is 0. The molecule has 0 atom stereocenters. The Morgan fingerprint density at radius 2 is 1.20 bits per heavy atom. The number of nitrogens with zero attached hydrogens (tertiary/aromatic N) is 5. The van der Waals surface area contributed by atoms with Crippen molar-refractivity contribution in [1.29, 1.82) is 0 Å². The third-order valence-corrected chi connectivity index (χ3v) is 10.5. The van der Waals surface area contributed by atoms with Gasteiger partial charge in [0.05, 0.1) is 32.3 Å². The van der Waals surface area contributed by atoms with Crippen LogP contribution in [0.25, 0.3) is 97.1 Å². The number of pyridine rings is 3. The van der Waals surface area contributed by atoms with Gasteiger partial charge in [-0.15, -0.1) is 11.3 Å². The average Bonchev–Trinajstić information content (AvgIpc) is 3.78. The Morgan fingerprint density at radius 1 is 0.511 bits per heavy atom. The van der Waals surface area contributed by atoms with Gasteiger partial charge in [-0.3, -0.25) is 14.4 Å². The summed E-state index contributed by atoms with van der Waals surface area (Å²) in [5.74, 6) is 0. The molecular formula is C39H21N5S. The minimum Gasteiger partial charge on any atom is -0.307 e. The zero-order valence-electron chi connectivity index (χ0n) is 23.8. The van der Waals surface area contributed by atoms with E-state index >= 15 is 0 Å². The fraction of sp³-hybridized carbons (Fsp3) is 0. The molecule has 0 radical (unpaired) electrons. The van der Waals surface area contributed by atoms with E-state index in [1.165, 1.54) is 30.9 Å². The summed E-state index contributed by atoms with van der Waals surface area (Å²) in [7, 11) is 0. The maximum atomic E-state index is 5.13. The summed E-state index contributed by atoms with van der Waals surface area (Å²) >= 11 is 1.79. The van der Waals surface area contributed by atoms with Gasteiger partial charge in [0, 0.05) is 55.1 Å². The van der Waals surface area contributed by atoms with E-state index in [2.05, 4.69) is 124 Å². The molecule has 0 bridgehead atoms. The lowest BCUT2D eigenvalue weighted by molar-refractivity contribution is 1.18. The highest BCUT2D eigenvalue weighted by Gasteiger charge is 2.20. The zero-order valence-corrected chi connectivity index (χ0v) is 24.6. The summed E-state index contributed by atoms with van der Waals surface area (Å²) < 4.78 is 7.11. The van der Waals surface area contributed by atoms with Crippen LogP contribution in [0, 0.1) is 0 Å². The third-order valence-electron chi connectivity index (χ3n) is 9.36. The van der Waals surface area contributed by atoms with Gasteiger partial charge in [0.1, 0.15) is 16.7 Å². The average molecular weight is 592 g/mol. The van der Waals surface area contributed by atoms with Gasteiger partial charge in [0.2, 0.25) is 0 Å². The first kappa shape index (κ1) is 23.6. The van der Waals surface area contributed by atoms with Crippen molar-refractivity contribution in [3.63, 3.8) is 0 Å². The molecule has 6 heterocycles. The van der Waals surface area contributed by atoms with Crippen molar-refractivity contribution in [1.82, 2.24) is 23.9 Å². The monoisotopic (exact) mass is 591 g/mol. The maximum Gasteiger partial charge on any atom is 0.146 e. The lowest BCUT2D eigenvalue weighted by atomic mass is 10.0. The topological polar surface area (TPSA) is 48.0 Å². The van der Waals surface area contributed by atoms with Crippen LogP contribution in [0.3, 0.4) is 0 Å². The molecule has 0 aliphatic carbocycles. The fourth-order valence-corrected chi connectivity index (χ4v) is 8.60. The van der Waals surface area contributed by atoms with Crippen LogP contribution in [-0.2, 0) is 0 Å². The van der Waals surface area contributed by atoms with Crippen LogP contribution in [-0.4, -0.2) is 23.9 Å². The highest BCUT2D eigenvalue weighted by Crippen LogP contribution is 2.42. The second-order valence-electron chi connectivity index (χ2n) is 11.7. The molecular weight excluding hydrogens is 571 g/mol. The molecule has 208 valence electrons. The van der Waals surface area contributed by atoms with Gasteiger partial charge in [-0.05, 0) is 53.9 Å². The molecule has 11 aromatic rings. The third kappa shape index (κ3) is 2.99. The molecule has 0 aliphatic rings. The molecule has 0 saturated heterocycles. The van der Waals surface area contributed by atoms with Gasteiger partial charge < -0.3 is 4.57 Å². The first-order valence-corrected chi connectivity index (χ1v) is 15.9. The standard InChI is InChI=1S/C39H21N5S/c1-6-14-32-23(9-1)27-19-22(17-18-26(27)39-42-30-12-4-7-15-33(30)44(32)39)43-31-13-5-2-10-24(31)28-20-41-36-35(37(28)43)40-21-29-25-11-3-8-16-34(25)45-38(29)36/h1-21H. The van der Waals surface area contributed by atoms with Crippen molar-refractivity contribution in [2.24, 2.45) is 0 Å². The second kappa shape index (κ2) is 8.40. The molecule has 5 aromatic carbocycles. The van der Waals surface area contributed by atoms with Crippen LogP contribution >= 0.6 is 11.3 Å². The number of para-hydroxylation sites is 4. The predicted molar refractivity (Wildman–Crippen MR) is 188 cm³/mol. The van der Waals surface area contributed by atoms with E-state index in [0.29, 0.717) is 0 Å². The Bertz CT molecular complexity index is 3050. The normalized spacial score (nSPS) is 12.4. The van der Waals surface area contributed by atoms with Crippen LogP contribution in [0.5, 0.6) is 0 Å². The van der Waals surface area contributed by atoms with Gasteiger partial charge in [0.25, 0.3) is 0 Å². The largest absolute Gasteiger partial charge is 0.307 e. The number of imidazole rings is 1. The molecule has 0 saturated carbocycles. The Hall–Kier alpha value is -5.85. The Balaban J connectivity index is 1.29. The molecule has 11 rings (SSSR count). The summed E-state index contributed by atoms with van der Waals surface area (Å²) in [5.41, 5.74) is 9.41. The number of thiophene rings is 1. The predicted octanol–water partition coefficient (Wildman–Crippen LogP) is 10.2. The van der Waals surface area contributed by atoms with Crippen molar-refractivity contribution in [3.8, 4) is 5.69 Å². The Kier molecular flexibility index (Phi) is 4.41. The number of benzene rings is 5. The number of aromatic nitrogens is 5. The molecule has 0 N–H and O–H groups in total. The molecule has 0 aliphatic heterocycles. The number of fused-ring (bicyclic) bond motifs is 17. The molecule has 0 fully saturated rings.